The molecule has 3 heterocycles. The second-order valence-electron chi connectivity index (χ2n) is 13.8. The highest BCUT2D eigenvalue weighted by Gasteiger charge is 2.23. The first-order valence-electron chi connectivity index (χ1n) is 18.9. The van der Waals surface area contributed by atoms with Crippen LogP contribution in [0.3, 0.4) is 0 Å². The summed E-state index contributed by atoms with van der Waals surface area (Å²) in [6.45, 7) is 13.1. The molecule has 11 heteroatoms. The van der Waals surface area contributed by atoms with Crippen molar-refractivity contribution in [3.8, 4) is 0 Å². The lowest BCUT2D eigenvalue weighted by Crippen LogP contribution is -2.43. The maximum absolute atomic E-state index is 12.1. The molecule has 1 atom stereocenters. The van der Waals surface area contributed by atoms with E-state index in [-0.39, 0.29) is 0 Å². The van der Waals surface area contributed by atoms with Crippen molar-refractivity contribution in [2.24, 2.45) is 7.05 Å². The Bertz CT molecular complexity index is 2290. The molecule has 0 spiro atoms. The van der Waals surface area contributed by atoms with Gasteiger partial charge >= 0.3 is 0 Å². The van der Waals surface area contributed by atoms with Crippen LogP contribution in [0.2, 0.25) is 0 Å². The Balaban J connectivity index is 1.17. The summed E-state index contributed by atoms with van der Waals surface area (Å²) in [6, 6.07) is 32.9. The number of aliphatic hydroxyl groups is 1. The van der Waals surface area contributed by atoms with Gasteiger partial charge in [0.05, 0.1) is 70.2 Å². The van der Waals surface area contributed by atoms with E-state index >= 15 is 0 Å². The van der Waals surface area contributed by atoms with Gasteiger partial charge in [-0.15, -0.1) is 0 Å². The van der Waals surface area contributed by atoms with Gasteiger partial charge in [0.2, 0.25) is 0 Å². The summed E-state index contributed by atoms with van der Waals surface area (Å²) in [4.78, 5) is 22.1. The smallest absolute Gasteiger partial charge is 0.124 e. The molecule has 7 rings (SSSR count). The van der Waals surface area contributed by atoms with Crippen molar-refractivity contribution in [1.29, 1.82) is 0 Å². The van der Waals surface area contributed by atoms with Crippen LogP contribution in [0.25, 0.3) is 33.1 Å². The van der Waals surface area contributed by atoms with E-state index in [1.165, 1.54) is 0 Å². The second-order valence-corrected chi connectivity index (χ2v) is 13.8. The van der Waals surface area contributed by atoms with E-state index < -0.39 is 6.10 Å². The van der Waals surface area contributed by atoms with Crippen molar-refractivity contribution in [3.05, 3.63) is 115 Å². The summed E-state index contributed by atoms with van der Waals surface area (Å²) in [6.07, 6.45) is -0.652. The van der Waals surface area contributed by atoms with Crippen LogP contribution >= 0.6 is 0 Å². The number of fused-ring (bicyclic) bond motifs is 3. The Kier molecular flexibility index (Phi) is 11.0. The molecule has 0 aliphatic heterocycles. The number of aliphatic hydroxyl groups excluding tert-OH is 1. The number of likely N-dealkylation sites (N-methyl/N-ethyl adjacent to an activating group) is 1. The van der Waals surface area contributed by atoms with E-state index in [9.17, 15) is 5.11 Å². The van der Waals surface area contributed by atoms with Gasteiger partial charge in [0, 0.05) is 52.9 Å². The maximum Gasteiger partial charge on any atom is 0.124 e. The van der Waals surface area contributed by atoms with Crippen LogP contribution in [-0.2, 0) is 39.8 Å². The molecule has 0 radical (unpaired) electrons. The summed E-state index contributed by atoms with van der Waals surface area (Å²) in [7, 11) is 2.07. The fraction of sp³-hybridized carbons (Fsp3) is 0.357. The Labute approximate surface area is 311 Å². The normalized spacial score (nSPS) is 12.6. The van der Waals surface area contributed by atoms with Crippen molar-refractivity contribution in [1.82, 2.24) is 38.5 Å². The third kappa shape index (κ3) is 7.78. The van der Waals surface area contributed by atoms with E-state index in [0.717, 1.165) is 94.7 Å². The Morgan fingerprint density at radius 2 is 1.08 bits per heavy atom. The molecule has 3 N–H and O–H groups in total. The van der Waals surface area contributed by atoms with Crippen molar-refractivity contribution in [2.75, 3.05) is 43.4 Å². The van der Waals surface area contributed by atoms with Crippen LogP contribution in [0.15, 0.2) is 97.1 Å². The highest BCUT2D eigenvalue weighted by molar-refractivity contribution is 5.77. The molecule has 0 saturated heterocycles. The average Bonchev–Trinajstić information content (AvgIpc) is 3.81. The Hall–Kier alpha value is -5.23. The first kappa shape index (κ1) is 36.1. The zero-order valence-electron chi connectivity index (χ0n) is 31.4. The number of rotatable bonds is 17. The topological polar surface area (TPSA) is 109 Å². The lowest BCUT2D eigenvalue weighted by Gasteiger charge is -2.31. The number of hydrogen-bond donors (Lipinski definition) is 2. The van der Waals surface area contributed by atoms with Gasteiger partial charge in [0.15, 0.2) is 0 Å². The molecule has 0 aliphatic rings. The average molecular weight is 713 g/mol. The summed E-state index contributed by atoms with van der Waals surface area (Å²) >= 11 is 0. The number of aromatic nitrogens is 6. The number of para-hydroxylation sites is 8. The fourth-order valence-electron chi connectivity index (χ4n) is 7.70. The molecule has 53 heavy (non-hydrogen) atoms. The molecular formula is C42H52N10O. The molecule has 1 unspecified atom stereocenters. The lowest BCUT2D eigenvalue weighted by molar-refractivity contribution is 0.0631. The molecule has 0 bridgehead atoms. The van der Waals surface area contributed by atoms with Crippen molar-refractivity contribution < 1.29 is 5.11 Å². The number of nitrogens with two attached hydrogens (primary N) is 1. The number of aryl methyl sites for hydroxylation is 3. The van der Waals surface area contributed by atoms with Crippen molar-refractivity contribution in [3.63, 3.8) is 0 Å². The van der Waals surface area contributed by atoms with Gasteiger partial charge < -0.3 is 29.4 Å². The highest BCUT2D eigenvalue weighted by Crippen LogP contribution is 2.24. The molecule has 7 aromatic rings. The fourth-order valence-corrected chi connectivity index (χ4v) is 7.70. The SMILES string of the molecule is CCN(CCN(Cc1nc2ccccc2n1CC)CC(O)CN(Cc1nc2ccccc2n1C)Cc1nc2ccccc2n1CC)c1ccccc1N. The zero-order chi connectivity index (χ0) is 36.9. The van der Waals surface area contributed by atoms with Crippen LogP contribution in [0.4, 0.5) is 11.4 Å². The Morgan fingerprint density at radius 1 is 0.604 bits per heavy atom. The first-order valence-corrected chi connectivity index (χ1v) is 18.9. The van der Waals surface area contributed by atoms with E-state index in [2.05, 4.69) is 111 Å². The predicted octanol–water partition coefficient (Wildman–Crippen LogP) is 6.29. The van der Waals surface area contributed by atoms with E-state index in [1.54, 1.807) is 0 Å². The maximum atomic E-state index is 12.1. The van der Waals surface area contributed by atoms with Gasteiger partial charge in [0.25, 0.3) is 0 Å². The zero-order valence-corrected chi connectivity index (χ0v) is 31.4. The molecular weight excluding hydrogens is 661 g/mol. The van der Waals surface area contributed by atoms with E-state index in [0.29, 0.717) is 32.7 Å². The number of imidazole rings is 3. The third-order valence-electron chi connectivity index (χ3n) is 10.4. The predicted molar refractivity (Wildman–Crippen MR) is 216 cm³/mol. The van der Waals surface area contributed by atoms with Gasteiger partial charge in [-0.1, -0.05) is 48.5 Å². The number of nitrogen functional groups attached to an aromatic ring is 1. The van der Waals surface area contributed by atoms with Gasteiger partial charge in [0.1, 0.15) is 17.5 Å². The largest absolute Gasteiger partial charge is 0.397 e. The van der Waals surface area contributed by atoms with Crippen LogP contribution in [0.5, 0.6) is 0 Å². The number of anilines is 2. The van der Waals surface area contributed by atoms with Crippen LogP contribution in [0.1, 0.15) is 38.2 Å². The summed E-state index contributed by atoms with van der Waals surface area (Å²) in [5.74, 6) is 2.92. The molecule has 3 aromatic heterocycles. The molecule has 276 valence electrons. The number of benzene rings is 4. The summed E-state index contributed by atoms with van der Waals surface area (Å²) in [5, 5.41) is 12.1. The molecule has 0 saturated carbocycles. The van der Waals surface area contributed by atoms with Gasteiger partial charge in [-0.2, -0.15) is 0 Å². The number of hydrogen-bond acceptors (Lipinski definition) is 8. The molecule has 0 fully saturated rings. The second kappa shape index (κ2) is 16.2. The summed E-state index contributed by atoms with van der Waals surface area (Å²) in [5.41, 5.74) is 14.5. The minimum Gasteiger partial charge on any atom is -0.397 e. The summed E-state index contributed by atoms with van der Waals surface area (Å²) < 4.78 is 6.72. The van der Waals surface area contributed by atoms with Crippen molar-refractivity contribution >= 4 is 44.5 Å². The molecule has 0 aliphatic carbocycles. The van der Waals surface area contributed by atoms with Crippen LogP contribution in [-0.4, -0.2) is 82.4 Å². The van der Waals surface area contributed by atoms with Gasteiger partial charge in [-0.25, -0.2) is 15.0 Å². The van der Waals surface area contributed by atoms with E-state index in [4.69, 9.17) is 20.7 Å². The quantitative estimate of drug-likeness (QED) is 0.106. The Morgan fingerprint density at radius 3 is 1.64 bits per heavy atom. The first-order chi connectivity index (χ1) is 25.9. The minimum atomic E-state index is -0.652. The minimum absolute atomic E-state index is 0.444. The molecule has 4 aromatic carbocycles. The van der Waals surface area contributed by atoms with Gasteiger partial charge in [-0.3, -0.25) is 9.80 Å². The van der Waals surface area contributed by atoms with Crippen molar-refractivity contribution in [2.45, 2.75) is 59.6 Å². The van der Waals surface area contributed by atoms with Gasteiger partial charge in [-0.05, 0) is 69.3 Å². The molecule has 0 amide bonds. The van der Waals surface area contributed by atoms with Crippen LogP contribution < -0.4 is 10.6 Å². The van der Waals surface area contributed by atoms with E-state index in [1.807, 2.05) is 42.5 Å². The van der Waals surface area contributed by atoms with Crippen LogP contribution in [0, 0.1) is 0 Å². The molecule has 11 nitrogen and oxygen atoms in total. The third-order valence-corrected chi connectivity index (χ3v) is 10.4. The number of nitrogens with zero attached hydrogens (tertiary/aromatic N) is 9. The lowest BCUT2D eigenvalue weighted by atomic mass is 10.2. The standard InChI is InChI=1S/C42H52N10O/c1-5-50(36-20-12-8-16-32(36)43)25-24-48(29-41-45-34-18-10-14-22-38(34)51(41)6-2)26-31(53)27-49(28-40-44-33-17-9-13-21-37(33)47(40)4)30-42-46-35-19-11-15-23-39(35)52(42)7-3/h8-23,31,53H,5-7,24-30,43H2,1-4H3. The highest BCUT2D eigenvalue weighted by atomic mass is 16.3. The monoisotopic (exact) mass is 712 g/mol.